The van der Waals surface area contributed by atoms with E-state index >= 15 is 0 Å². The summed E-state index contributed by atoms with van der Waals surface area (Å²) >= 11 is 0. The molecule has 2 aromatic rings. The lowest BCUT2D eigenvalue weighted by atomic mass is 10.1. The predicted molar refractivity (Wildman–Crippen MR) is 74.4 cm³/mol. The third-order valence-electron chi connectivity index (χ3n) is 3.59. The van der Waals surface area contributed by atoms with E-state index in [-0.39, 0.29) is 11.1 Å². The van der Waals surface area contributed by atoms with Gasteiger partial charge in [-0.05, 0) is 41.5 Å². The van der Waals surface area contributed by atoms with Gasteiger partial charge in [0.05, 0.1) is 22.9 Å². The summed E-state index contributed by atoms with van der Waals surface area (Å²) in [6.07, 6.45) is 0. The van der Waals surface area contributed by atoms with Gasteiger partial charge in [0.2, 0.25) is 0 Å². The molecular weight excluding hydrogens is 271 g/mol. The number of carbonyl (C=O) groups is 1. The van der Waals surface area contributed by atoms with Crippen molar-refractivity contribution >= 4 is 11.7 Å². The second-order valence-corrected chi connectivity index (χ2v) is 4.92. The van der Waals surface area contributed by atoms with E-state index in [0.29, 0.717) is 18.8 Å². The maximum atomic E-state index is 14.0. The normalized spacial score (nSPS) is 12.9. The molecule has 1 heterocycles. The Bertz CT molecular complexity index is 780. The SMILES string of the molecule is N#Cc1ccc(N2Cc3ccc(C(=O)O)cc3C2)c(F)c1. The highest BCUT2D eigenvalue weighted by atomic mass is 19.1. The molecular formula is C16H11FN2O2. The maximum absolute atomic E-state index is 14.0. The van der Waals surface area contributed by atoms with Crippen molar-refractivity contribution in [1.29, 1.82) is 5.26 Å². The van der Waals surface area contributed by atoms with Crippen molar-refractivity contribution in [2.45, 2.75) is 13.1 Å². The summed E-state index contributed by atoms with van der Waals surface area (Å²) in [7, 11) is 0. The van der Waals surface area contributed by atoms with Gasteiger partial charge in [0.1, 0.15) is 5.82 Å². The number of hydrogen-bond acceptors (Lipinski definition) is 3. The number of hydrogen-bond donors (Lipinski definition) is 1. The average molecular weight is 282 g/mol. The van der Waals surface area contributed by atoms with E-state index in [9.17, 15) is 9.18 Å². The van der Waals surface area contributed by atoms with Gasteiger partial charge in [-0.15, -0.1) is 0 Å². The molecule has 4 nitrogen and oxygen atoms in total. The fourth-order valence-electron chi connectivity index (χ4n) is 2.53. The fourth-order valence-corrected chi connectivity index (χ4v) is 2.53. The smallest absolute Gasteiger partial charge is 0.335 e. The minimum Gasteiger partial charge on any atom is -0.478 e. The summed E-state index contributed by atoms with van der Waals surface area (Å²) in [5.74, 6) is -1.42. The molecule has 0 atom stereocenters. The monoisotopic (exact) mass is 282 g/mol. The van der Waals surface area contributed by atoms with Crippen molar-refractivity contribution in [3.8, 4) is 6.07 Å². The highest BCUT2D eigenvalue weighted by molar-refractivity contribution is 5.88. The van der Waals surface area contributed by atoms with Gasteiger partial charge in [0, 0.05) is 13.1 Å². The minimum absolute atomic E-state index is 0.232. The zero-order valence-electron chi connectivity index (χ0n) is 11.0. The van der Waals surface area contributed by atoms with Crippen molar-refractivity contribution in [2.24, 2.45) is 0 Å². The third kappa shape index (κ3) is 2.32. The first-order valence-electron chi connectivity index (χ1n) is 6.38. The summed E-state index contributed by atoms with van der Waals surface area (Å²) in [4.78, 5) is 12.8. The second-order valence-electron chi connectivity index (χ2n) is 4.92. The fraction of sp³-hybridized carbons (Fsp3) is 0.125. The van der Waals surface area contributed by atoms with Gasteiger partial charge < -0.3 is 10.0 Å². The zero-order chi connectivity index (χ0) is 15.0. The van der Waals surface area contributed by atoms with Gasteiger partial charge in [-0.3, -0.25) is 0 Å². The van der Waals surface area contributed by atoms with Crippen LogP contribution in [-0.4, -0.2) is 11.1 Å². The van der Waals surface area contributed by atoms with Crippen LogP contribution in [0.1, 0.15) is 27.0 Å². The molecule has 1 N–H and O–H groups in total. The Kier molecular flexibility index (Phi) is 3.07. The van der Waals surface area contributed by atoms with E-state index in [1.165, 1.54) is 6.07 Å². The number of aromatic carboxylic acids is 1. The molecule has 21 heavy (non-hydrogen) atoms. The summed E-state index contributed by atoms with van der Waals surface area (Å²) in [5, 5.41) is 17.8. The molecule has 0 radical (unpaired) electrons. The van der Waals surface area contributed by atoms with Crippen molar-refractivity contribution in [3.05, 3.63) is 64.5 Å². The number of carboxylic acid groups (broad SMARTS) is 1. The van der Waals surface area contributed by atoms with Crippen LogP contribution in [0.15, 0.2) is 36.4 Å². The van der Waals surface area contributed by atoms with Gasteiger partial charge >= 0.3 is 5.97 Å². The first-order valence-corrected chi connectivity index (χ1v) is 6.38. The van der Waals surface area contributed by atoms with Crippen molar-refractivity contribution in [1.82, 2.24) is 0 Å². The number of nitrogens with zero attached hydrogens (tertiary/aromatic N) is 2. The second kappa shape index (κ2) is 4.91. The van der Waals surface area contributed by atoms with Gasteiger partial charge in [-0.1, -0.05) is 6.07 Å². The van der Waals surface area contributed by atoms with Crippen molar-refractivity contribution < 1.29 is 14.3 Å². The Morgan fingerprint density at radius 3 is 2.62 bits per heavy atom. The molecule has 0 saturated carbocycles. The molecule has 0 aromatic heterocycles. The van der Waals surface area contributed by atoms with Crippen LogP contribution in [0.2, 0.25) is 0 Å². The molecule has 0 aliphatic carbocycles. The van der Waals surface area contributed by atoms with Crippen LogP contribution in [0.4, 0.5) is 10.1 Å². The Morgan fingerprint density at radius 2 is 1.95 bits per heavy atom. The van der Waals surface area contributed by atoms with Crippen molar-refractivity contribution in [2.75, 3.05) is 4.90 Å². The minimum atomic E-state index is -0.971. The lowest BCUT2D eigenvalue weighted by Gasteiger charge is -2.18. The lowest BCUT2D eigenvalue weighted by Crippen LogP contribution is -2.16. The van der Waals surface area contributed by atoms with Crippen LogP contribution in [0, 0.1) is 17.1 Å². The Hall–Kier alpha value is -2.87. The molecule has 0 amide bonds. The Morgan fingerprint density at radius 1 is 1.19 bits per heavy atom. The summed E-state index contributed by atoms with van der Waals surface area (Å²) in [6.45, 7) is 0.983. The topological polar surface area (TPSA) is 64.3 Å². The standard InChI is InChI=1S/C16H11FN2O2/c17-14-5-10(7-18)1-4-15(14)19-8-12-3-2-11(16(20)21)6-13(12)9-19/h1-6H,8-9H2,(H,20,21). The molecule has 0 saturated heterocycles. The van der Waals surface area contributed by atoms with Gasteiger partial charge in [-0.25, -0.2) is 9.18 Å². The first-order chi connectivity index (χ1) is 10.1. The number of fused-ring (bicyclic) bond motifs is 1. The van der Waals surface area contributed by atoms with Gasteiger partial charge in [0.15, 0.2) is 0 Å². The van der Waals surface area contributed by atoms with Crippen LogP contribution >= 0.6 is 0 Å². The number of carboxylic acids is 1. The third-order valence-corrected chi connectivity index (χ3v) is 3.59. The van der Waals surface area contributed by atoms with E-state index in [4.69, 9.17) is 10.4 Å². The molecule has 2 aromatic carbocycles. The first kappa shape index (κ1) is 13.1. The number of halogens is 1. The summed E-state index contributed by atoms with van der Waals surface area (Å²) in [5.41, 5.74) is 2.81. The van der Waals surface area contributed by atoms with Crippen LogP contribution in [0.5, 0.6) is 0 Å². The van der Waals surface area contributed by atoms with Crippen LogP contribution in [0.3, 0.4) is 0 Å². The average Bonchev–Trinajstić information content (AvgIpc) is 2.89. The molecule has 5 heteroatoms. The van der Waals surface area contributed by atoms with E-state index in [1.807, 2.05) is 11.0 Å². The lowest BCUT2D eigenvalue weighted by molar-refractivity contribution is 0.0697. The Labute approximate surface area is 120 Å². The quantitative estimate of drug-likeness (QED) is 0.919. The largest absolute Gasteiger partial charge is 0.478 e. The molecule has 3 rings (SSSR count). The van der Waals surface area contributed by atoms with Crippen LogP contribution < -0.4 is 4.90 Å². The van der Waals surface area contributed by atoms with Gasteiger partial charge in [-0.2, -0.15) is 5.26 Å². The van der Waals surface area contributed by atoms with Gasteiger partial charge in [0.25, 0.3) is 0 Å². The molecule has 0 bridgehead atoms. The van der Waals surface area contributed by atoms with E-state index in [2.05, 4.69) is 0 Å². The predicted octanol–water partition coefficient (Wildman–Crippen LogP) is 2.92. The molecule has 1 aliphatic rings. The number of benzene rings is 2. The van der Waals surface area contributed by atoms with E-state index < -0.39 is 11.8 Å². The number of rotatable bonds is 2. The van der Waals surface area contributed by atoms with E-state index in [0.717, 1.165) is 11.1 Å². The highest BCUT2D eigenvalue weighted by Crippen LogP contribution is 2.31. The van der Waals surface area contributed by atoms with Crippen molar-refractivity contribution in [3.63, 3.8) is 0 Å². The summed E-state index contributed by atoms with van der Waals surface area (Å²) in [6, 6.07) is 11.2. The molecule has 104 valence electrons. The van der Waals surface area contributed by atoms with Crippen LogP contribution in [0.25, 0.3) is 0 Å². The van der Waals surface area contributed by atoms with E-state index in [1.54, 1.807) is 30.3 Å². The molecule has 1 aliphatic heterocycles. The maximum Gasteiger partial charge on any atom is 0.335 e. The summed E-state index contributed by atoms with van der Waals surface area (Å²) < 4.78 is 14.0. The highest BCUT2D eigenvalue weighted by Gasteiger charge is 2.22. The van der Waals surface area contributed by atoms with Crippen LogP contribution in [-0.2, 0) is 13.1 Å². The molecule has 0 fully saturated rings. The number of nitriles is 1. The Balaban J connectivity index is 1.91. The number of anilines is 1. The molecule has 0 spiro atoms. The zero-order valence-corrected chi connectivity index (χ0v) is 11.0. The molecule has 0 unspecified atom stereocenters.